The summed E-state index contributed by atoms with van der Waals surface area (Å²) in [6.07, 6.45) is 3.28. The number of benzene rings is 2. The number of halogens is 1. The third-order valence-electron chi connectivity index (χ3n) is 7.15. The van der Waals surface area contributed by atoms with E-state index in [1.807, 2.05) is 42.2 Å². The highest BCUT2D eigenvalue weighted by Gasteiger charge is 2.46. The summed E-state index contributed by atoms with van der Waals surface area (Å²) in [4.78, 5) is 28.4. The van der Waals surface area contributed by atoms with E-state index in [1.165, 1.54) is 6.07 Å². The Hall–Kier alpha value is -2.73. The van der Waals surface area contributed by atoms with Crippen LogP contribution < -0.4 is 10.6 Å². The molecule has 3 aliphatic heterocycles. The van der Waals surface area contributed by atoms with Gasteiger partial charge in [-0.15, -0.1) is 0 Å². The lowest BCUT2D eigenvalue weighted by molar-refractivity contribution is -0.145. The van der Waals surface area contributed by atoms with Gasteiger partial charge in [0.05, 0.1) is 23.6 Å². The predicted molar refractivity (Wildman–Crippen MR) is 116 cm³/mol. The maximum atomic E-state index is 15.1. The summed E-state index contributed by atoms with van der Waals surface area (Å²) in [6, 6.07) is 12.4. The van der Waals surface area contributed by atoms with Crippen LogP contribution in [-0.4, -0.2) is 35.8 Å². The van der Waals surface area contributed by atoms with E-state index < -0.39 is 11.7 Å². The van der Waals surface area contributed by atoms with Gasteiger partial charge in [0, 0.05) is 12.6 Å². The first-order chi connectivity index (χ1) is 15.0. The molecule has 0 unspecified atom stereocenters. The number of nitrogens with zero attached hydrogens (tertiary/aromatic N) is 1. The van der Waals surface area contributed by atoms with Crippen LogP contribution in [0.2, 0.25) is 0 Å². The van der Waals surface area contributed by atoms with Gasteiger partial charge in [-0.05, 0) is 61.9 Å². The van der Waals surface area contributed by atoms with E-state index in [9.17, 15) is 9.59 Å². The summed E-state index contributed by atoms with van der Waals surface area (Å²) < 4.78 is 15.1. The fourth-order valence-corrected chi connectivity index (χ4v) is 5.57. The number of fused-ring (bicyclic) bond motifs is 4. The van der Waals surface area contributed by atoms with Crippen molar-refractivity contribution in [1.29, 1.82) is 0 Å². The molecule has 2 amide bonds. The van der Waals surface area contributed by atoms with Crippen molar-refractivity contribution in [2.24, 2.45) is 5.92 Å². The first-order valence-corrected chi connectivity index (χ1v) is 11.3. The Labute approximate surface area is 182 Å². The van der Waals surface area contributed by atoms with E-state index in [2.05, 4.69) is 10.6 Å². The summed E-state index contributed by atoms with van der Waals surface area (Å²) in [6.45, 7) is 3.43. The second-order valence-corrected chi connectivity index (χ2v) is 8.94. The van der Waals surface area contributed by atoms with Crippen LogP contribution in [0.5, 0.6) is 0 Å². The molecule has 0 radical (unpaired) electrons. The average molecular weight is 422 g/mol. The van der Waals surface area contributed by atoms with E-state index >= 15 is 4.39 Å². The number of amides is 2. The van der Waals surface area contributed by atoms with Gasteiger partial charge in [-0.2, -0.15) is 0 Å². The Morgan fingerprint density at radius 3 is 2.84 bits per heavy atom. The van der Waals surface area contributed by atoms with Gasteiger partial charge in [-0.3, -0.25) is 9.59 Å². The summed E-state index contributed by atoms with van der Waals surface area (Å²) in [7, 11) is 0. The molecule has 5 nitrogen and oxygen atoms in total. The van der Waals surface area contributed by atoms with Gasteiger partial charge in [-0.25, -0.2) is 4.39 Å². The molecule has 2 aromatic rings. The standard InChI is InChI=1S/C25H28FN3O2/c1-15(16-6-3-2-4-7-16)28-24(30)23-19(26)10-9-17-11-13-29-21(22(17)23)14-20-18(25(29)31)8-5-12-27-20/h2-4,6-7,9-10,15,18,20-21,27H,5,8,11-14H2,1H3,(H,28,30)/t15-,18+,20+,21+/m1/s1. The molecule has 31 heavy (non-hydrogen) atoms. The molecule has 5 rings (SSSR count). The molecule has 2 saturated heterocycles. The van der Waals surface area contributed by atoms with Crippen LogP contribution in [-0.2, 0) is 11.2 Å². The highest BCUT2D eigenvalue weighted by molar-refractivity contribution is 5.97. The molecule has 3 aliphatic rings. The molecule has 2 fully saturated rings. The number of nitrogens with one attached hydrogen (secondary N) is 2. The Morgan fingerprint density at radius 2 is 2.03 bits per heavy atom. The number of carbonyl (C=O) groups is 2. The number of hydrogen-bond donors (Lipinski definition) is 2. The molecule has 0 bridgehead atoms. The molecule has 2 aromatic carbocycles. The fourth-order valence-electron chi connectivity index (χ4n) is 5.57. The van der Waals surface area contributed by atoms with Gasteiger partial charge in [-0.1, -0.05) is 36.4 Å². The van der Waals surface area contributed by atoms with Gasteiger partial charge in [0.2, 0.25) is 5.91 Å². The molecule has 0 saturated carbocycles. The summed E-state index contributed by atoms with van der Waals surface area (Å²) in [5.41, 5.74) is 2.73. The summed E-state index contributed by atoms with van der Waals surface area (Å²) in [5, 5.41) is 6.46. The molecule has 2 N–H and O–H groups in total. The lowest BCUT2D eigenvalue weighted by atomic mass is 9.75. The Bertz CT molecular complexity index is 1010. The second-order valence-electron chi connectivity index (χ2n) is 8.94. The van der Waals surface area contributed by atoms with Crippen LogP contribution in [0.1, 0.15) is 65.3 Å². The number of piperidine rings is 2. The molecule has 0 aromatic heterocycles. The van der Waals surface area contributed by atoms with Crippen molar-refractivity contribution in [2.45, 2.75) is 50.7 Å². The molecular formula is C25H28FN3O2. The van der Waals surface area contributed by atoms with Crippen molar-refractivity contribution < 1.29 is 14.0 Å². The minimum Gasteiger partial charge on any atom is -0.345 e. The predicted octanol–water partition coefficient (Wildman–Crippen LogP) is 3.51. The van der Waals surface area contributed by atoms with Crippen molar-refractivity contribution in [3.05, 3.63) is 70.5 Å². The van der Waals surface area contributed by atoms with E-state index in [1.54, 1.807) is 6.07 Å². The second kappa shape index (κ2) is 8.08. The third-order valence-corrected chi connectivity index (χ3v) is 7.15. The zero-order valence-corrected chi connectivity index (χ0v) is 17.7. The SMILES string of the molecule is C[C@@H](NC(=O)c1c(F)ccc2c1[C@@H]1C[C@@H]3NCCC[C@@H]3C(=O)N1CC2)c1ccccc1. The van der Waals surface area contributed by atoms with Crippen LogP contribution in [0, 0.1) is 11.7 Å². The zero-order chi connectivity index (χ0) is 21.5. The Kier molecular flexibility index (Phi) is 5.26. The van der Waals surface area contributed by atoms with Gasteiger partial charge >= 0.3 is 0 Å². The van der Waals surface area contributed by atoms with Gasteiger partial charge in [0.25, 0.3) is 5.91 Å². The van der Waals surface area contributed by atoms with Crippen molar-refractivity contribution in [3.8, 4) is 0 Å². The highest BCUT2D eigenvalue weighted by atomic mass is 19.1. The maximum absolute atomic E-state index is 15.1. The van der Waals surface area contributed by atoms with Gasteiger partial charge in [0.15, 0.2) is 0 Å². The first kappa shape index (κ1) is 20.2. The van der Waals surface area contributed by atoms with Crippen molar-refractivity contribution in [1.82, 2.24) is 15.5 Å². The lowest BCUT2D eigenvalue weighted by Crippen LogP contribution is -2.58. The molecule has 0 spiro atoms. The van der Waals surface area contributed by atoms with Gasteiger partial charge < -0.3 is 15.5 Å². The zero-order valence-electron chi connectivity index (χ0n) is 17.7. The van der Waals surface area contributed by atoms with Crippen LogP contribution in [0.3, 0.4) is 0 Å². The number of carbonyl (C=O) groups excluding carboxylic acids is 2. The molecular weight excluding hydrogens is 393 g/mol. The Balaban J connectivity index is 1.49. The highest BCUT2D eigenvalue weighted by Crippen LogP contribution is 2.43. The number of hydrogen-bond acceptors (Lipinski definition) is 3. The van der Waals surface area contributed by atoms with Crippen LogP contribution in [0.25, 0.3) is 0 Å². The van der Waals surface area contributed by atoms with E-state index in [-0.39, 0.29) is 35.5 Å². The van der Waals surface area contributed by atoms with Crippen molar-refractivity contribution in [2.75, 3.05) is 13.1 Å². The maximum Gasteiger partial charge on any atom is 0.255 e. The van der Waals surface area contributed by atoms with Crippen LogP contribution in [0.15, 0.2) is 42.5 Å². The first-order valence-electron chi connectivity index (χ1n) is 11.3. The van der Waals surface area contributed by atoms with Gasteiger partial charge in [0.1, 0.15) is 5.82 Å². The van der Waals surface area contributed by atoms with Crippen molar-refractivity contribution in [3.63, 3.8) is 0 Å². The smallest absolute Gasteiger partial charge is 0.255 e. The quantitative estimate of drug-likeness (QED) is 0.797. The lowest BCUT2D eigenvalue weighted by Gasteiger charge is -2.48. The average Bonchev–Trinajstić information content (AvgIpc) is 2.79. The van der Waals surface area contributed by atoms with E-state index in [0.717, 1.165) is 36.9 Å². The van der Waals surface area contributed by atoms with Crippen LogP contribution in [0.4, 0.5) is 4.39 Å². The summed E-state index contributed by atoms with van der Waals surface area (Å²) in [5.74, 6) is -0.800. The molecule has 6 heteroatoms. The van der Waals surface area contributed by atoms with Crippen LogP contribution >= 0.6 is 0 Å². The minimum atomic E-state index is -0.524. The minimum absolute atomic E-state index is 0.00418. The van der Waals surface area contributed by atoms with E-state index in [4.69, 9.17) is 0 Å². The molecule has 0 aliphatic carbocycles. The topological polar surface area (TPSA) is 61.4 Å². The third kappa shape index (κ3) is 3.53. The van der Waals surface area contributed by atoms with Crippen molar-refractivity contribution >= 4 is 11.8 Å². The molecule has 162 valence electrons. The summed E-state index contributed by atoms with van der Waals surface area (Å²) >= 11 is 0. The fraction of sp³-hybridized carbons (Fsp3) is 0.440. The number of rotatable bonds is 3. The normalized spacial score (nSPS) is 25.8. The Morgan fingerprint density at radius 1 is 1.23 bits per heavy atom. The largest absolute Gasteiger partial charge is 0.345 e. The monoisotopic (exact) mass is 421 g/mol. The molecule has 4 atom stereocenters. The molecule has 3 heterocycles. The van der Waals surface area contributed by atoms with E-state index in [0.29, 0.717) is 18.5 Å².